The second-order valence-electron chi connectivity index (χ2n) is 3.86. The zero-order valence-corrected chi connectivity index (χ0v) is 9.12. The van der Waals surface area contributed by atoms with E-state index in [2.05, 4.69) is 5.32 Å². The van der Waals surface area contributed by atoms with Crippen molar-refractivity contribution in [2.24, 2.45) is 5.73 Å². The first-order chi connectivity index (χ1) is 6.07. The van der Waals surface area contributed by atoms with Gasteiger partial charge in [0.05, 0.1) is 5.54 Å². The third kappa shape index (κ3) is 2.61. The predicted octanol–water partition coefficient (Wildman–Crippen LogP) is 0.735. The Morgan fingerprint density at radius 1 is 1.46 bits per heavy atom. The highest BCUT2D eigenvalue weighted by Gasteiger charge is 2.38. The molecule has 0 bridgehead atoms. The normalized spacial score (nSPS) is 21.8. The van der Waals surface area contributed by atoms with Gasteiger partial charge in [0.1, 0.15) is 0 Å². The summed E-state index contributed by atoms with van der Waals surface area (Å²) in [7, 11) is 0. The molecule has 1 fully saturated rings. The molecule has 3 nitrogen and oxygen atoms in total. The van der Waals surface area contributed by atoms with Crippen molar-refractivity contribution in [3.8, 4) is 0 Å². The van der Waals surface area contributed by atoms with Crippen LogP contribution >= 0.6 is 11.8 Å². The van der Waals surface area contributed by atoms with Crippen molar-refractivity contribution in [2.45, 2.75) is 38.3 Å². The maximum atomic E-state index is 11.4. The van der Waals surface area contributed by atoms with E-state index < -0.39 is 5.54 Å². The molecule has 1 heterocycles. The van der Waals surface area contributed by atoms with Gasteiger partial charge in [0, 0.05) is 6.04 Å². The van der Waals surface area contributed by atoms with Gasteiger partial charge in [-0.25, -0.2) is 0 Å². The fraction of sp³-hybridized carbons (Fsp3) is 0.889. The fourth-order valence-electron chi connectivity index (χ4n) is 1.73. The van der Waals surface area contributed by atoms with Crippen LogP contribution in [0.1, 0.15) is 26.7 Å². The molecule has 0 aromatic heterocycles. The summed E-state index contributed by atoms with van der Waals surface area (Å²) in [6.45, 7) is 4.10. The number of rotatable bonds is 3. The quantitative estimate of drug-likeness (QED) is 0.709. The highest BCUT2D eigenvalue weighted by atomic mass is 32.2. The summed E-state index contributed by atoms with van der Waals surface area (Å²) in [5.41, 5.74) is 5.01. The summed E-state index contributed by atoms with van der Waals surface area (Å²) >= 11 is 1.89. The number of primary amides is 1. The summed E-state index contributed by atoms with van der Waals surface area (Å²) < 4.78 is 0. The predicted molar refractivity (Wildman–Crippen MR) is 56.8 cm³/mol. The average Bonchev–Trinajstić information content (AvgIpc) is 2.04. The lowest BCUT2D eigenvalue weighted by Gasteiger charge is -2.36. The maximum absolute atomic E-state index is 11.4. The van der Waals surface area contributed by atoms with Gasteiger partial charge in [-0.2, -0.15) is 11.8 Å². The van der Waals surface area contributed by atoms with Crippen molar-refractivity contribution in [2.75, 3.05) is 11.5 Å². The van der Waals surface area contributed by atoms with Crippen LogP contribution in [-0.2, 0) is 4.79 Å². The van der Waals surface area contributed by atoms with Crippen LogP contribution in [0.3, 0.4) is 0 Å². The van der Waals surface area contributed by atoms with Gasteiger partial charge >= 0.3 is 0 Å². The van der Waals surface area contributed by atoms with E-state index in [0.29, 0.717) is 6.04 Å². The molecule has 0 saturated carbocycles. The molecule has 0 unspecified atom stereocenters. The van der Waals surface area contributed by atoms with Crippen molar-refractivity contribution < 1.29 is 4.79 Å². The molecule has 1 aliphatic rings. The van der Waals surface area contributed by atoms with E-state index >= 15 is 0 Å². The topological polar surface area (TPSA) is 55.1 Å². The number of hydrogen-bond acceptors (Lipinski definition) is 3. The highest BCUT2D eigenvalue weighted by molar-refractivity contribution is 7.99. The lowest BCUT2D eigenvalue weighted by Crippen LogP contribution is -2.59. The number of hydrogen-bond donors (Lipinski definition) is 2. The molecule has 3 N–H and O–H groups in total. The van der Waals surface area contributed by atoms with Gasteiger partial charge in [0.15, 0.2) is 0 Å². The molecule has 0 aromatic rings. The largest absolute Gasteiger partial charge is 0.368 e. The summed E-state index contributed by atoms with van der Waals surface area (Å²) in [4.78, 5) is 11.4. The zero-order chi connectivity index (χ0) is 9.90. The molecule has 0 spiro atoms. The van der Waals surface area contributed by atoms with Crippen LogP contribution in [0, 0.1) is 0 Å². The Balaban J connectivity index is 2.67. The van der Waals surface area contributed by atoms with E-state index in [1.807, 2.05) is 25.6 Å². The van der Waals surface area contributed by atoms with Crippen LogP contribution < -0.4 is 11.1 Å². The first-order valence-electron chi connectivity index (χ1n) is 4.72. The van der Waals surface area contributed by atoms with Gasteiger partial charge in [-0.1, -0.05) is 0 Å². The number of amides is 1. The Morgan fingerprint density at radius 3 is 2.38 bits per heavy atom. The number of carbonyl (C=O) groups excluding carboxylic acids is 1. The van der Waals surface area contributed by atoms with E-state index in [9.17, 15) is 4.79 Å². The minimum atomic E-state index is -0.431. The lowest BCUT2D eigenvalue weighted by molar-refractivity contribution is -0.125. The monoisotopic (exact) mass is 202 g/mol. The van der Waals surface area contributed by atoms with Crippen LogP contribution in [0.4, 0.5) is 0 Å². The second kappa shape index (κ2) is 4.33. The van der Waals surface area contributed by atoms with Crippen molar-refractivity contribution in [3.63, 3.8) is 0 Å². The third-order valence-electron chi connectivity index (χ3n) is 2.38. The van der Waals surface area contributed by atoms with Crippen LogP contribution in [0.25, 0.3) is 0 Å². The summed E-state index contributed by atoms with van der Waals surface area (Å²) in [5.74, 6) is 1.87. The summed E-state index contributed by atoms with van der Waals surface area (Å²) in [6, 6.07) is 0.315. The van der Waals surface area contributed by atoms with E-state index in [-0.39, 0.29) is 5.91 Å². The molecule has 0 aliphatic carbocycles. The Labute approximate surface area is 83.8 Å². The third-order valence-corrected chi connectivity index (χ3v) is 3.37. The van der Waals surface area contributed by atoms with Crippen molar-refractivity contribution in [3.05, 3.63) is 0 Å². The van der Waals surface area contributed by atoms with Crippen LogP contribution in [-0.4, -0.2) is 29.0 Å². The Bertz CT molecular complexity index is 188. The highest BCUT2D eigenvalue weighted by Crippen LogP contribution is 2.27. The van der Waals surface area contributed by atoms with Gasteiger partial charge in [0.25, 0.3) is 0 Å². The molecular weight excluding hydrogens is 184 g/mol. The second-order valence-corrected chi connectivity index (χ2v) is 5.08. The summed E-state index contributed by atoms with van der Waals surface area (Å²) in [5, 5.41) is 3.31. The van der Waals surface area contributed by atoms with Crippen LogP contribution in [0.2, 0.25) is 0 Å². The maximum Gasteiger partial charge on any atom is 0.237 e. The van der Waals surface area contributed by atoms with Gasteiger partial charge in [-0.05, 0) is 38.2 Å². The number of carbonyl (C=O) groups is 1. The Morgan fingerprint density at radius 2 is 2.00 bits per heavy atom. The minimum Gasteiger partial charge on any atom is -0.368 e. The van der Waals surface area contributed by atoms with Gasteiger partial charge in [0.2, 0.25) is 5.91 Å². The lowest BCUT2D eigenvalue weighted by atomic mass is 9.90. The smallest absolute Gasteiger partial charge is 0.237 e. The standard InChI is InChI=1S/C9H18N2OS/c1-7(2)11-9(8(10)12)3-5-13-6-4-9/h7,11H,3-6H2,1-2H3,(H2,10,12). The molecular formula is C9H18N2OS. The molecule has 0 atom stereocenters. The Hall–Kier alpha value is -0.220. The van der Waals surface area contributed by atoms with Crippen LogP contribution in [0.15, 0.2) is 0 Å². The molecule has 0 radical (unpaired) electrons. The molecule has 76 valence electrons. The number of nitrogens with two attached hydrogens (primary N) is 1. The minimum absolute atomic E-state index is 0.193. The number of nitrogens with one attached hydrogen (secondary N) is 1. The zero-order valence-electron chi connectivity index (χ0n) is 8.30. The van der Waals surface area contributed by atoms with Gasteiger partial charge in [-0.15, -0.1) is 0 Å². The van der Waals surface area contributed by atoms with Crippen LogP contribution in [0.5, 0.6) is 0 Å². The molecule has 13 heavy (non-hydrogen) atoms. The first-order valence-corrected chi connectivity index (χ1v) is 5.88. The van der Waals surface area contributed by atoms with Gasteiger partial charge < -0.3 is 11.1 Å². The molecule has 1 saturated heterocycles. The molecule has 1 rings (SSSR count). The fourth-order valence-corrected chi connectivity index (χ4v) is 2.92. The van der Waals surface area contributed by atoms with Crippen molar-refractivity contribution >= 4 is 17.7 Å². The number of thioether (sulfide) groups is 1. The SMILES string of the molecule is CC(C)NC1(C(N)=O)CCSCC1. The van der Waals surface area contributed by atoms with Crippen molar-refractivity contribution in [1.29, 1.82) is 0 Å². The average molecular weight is 202 g/mol. The summed E-state index contributed by atoms with van der Waals surface area (Å²) in [6.07, 6.45) is 1.73. The van der Waals surface area contributed by atoms with E-state index in [1.165, 1.54) is 0 Å². The van der Waals surface area contributed by atoms with Crippen molar-refractivity contribution in [1.82, 2.24) is 5.32 Å². The molecule has 4 heteroatoms. The molecule has 1 aliphatic heterocycles. The van der Waals surface area contributed by atoms with E-state index in [1.54, 1.807) is 0 Å². The van der Waals surface area contributed by atoms with Gasteiger partial charge in [-0.3, -0.25) is 4.79 Å². The Kier molecular flexibility index (Phi) is 3.62. The van der Waals surface area contributed by atoms with E-state index in [0.717, 1.165) is 24.3 Å². The molecule has 1 amide bonds. The van der Waals surface area contributed by atoms with E-state index in [4.69, 9.17) is 5.73 Å². The first kappa shape index (κ1) is 10.9. The molecule has 0 aromatic carbocycles.